The van der Waals surface area contributed by atoms with E-state index in [1.165, 1.54) is 24.3 Å². The number of hydrogen-bond donors (Lipinski definition) is 3. The SMILES string of the molecule is O=C1NC(=O)[C@H](CCC(=O)O[C@H](C(=O)Nc2ccc(F)cc2)c2ccccc2)N1. The Morgan fingerprint density at radius 2 is 1.76 bits per heavy atom. The molecule has 29 heavy (non-hydrogen) atoms. The molecule has 4 amide bonds. The fraction of sp³-hybridized carbons (Fsp3) is 0.200. The Morgan fingerprint density at radius 3 is 2.38 bits per heavy atom. The molecule has 1 fully saturated rings. The van der Waals surface area contributed by atoms with Gasteiger partial charge in [-0.25, -0.2) is 9.18 Å². The van der Waals surface area contributed by atoms with E-state index < -0.39 is 41.8 Å². The quantitative estimate of drug-likeness (QED) is 0.487. The normalized spacial score (nSPS) is 16.5. The van der Waals surface area contributed by atoms with Gasteiger partial charge < -0.3 is 15.4 Å². The van der Waals surface area contributed by atoms with Crippen molar-refractivity contribution in [3.8, 4) is 0 Å². The van der Waals surface area contributed by atoms with E-state index in [4.69, 9.17) is 4.74 Å². The van der Waals surface area contributed by atoms with Crippen molar-refractivity contribution in [2.24, 2.45) is 0 Å². The maximum Gasteiger partial charge on any atom is 0.322 e. The molecule has 0 bridgehead atoms. The minimum absolute atomic E-state index is 0.0392. The summed E-state index contributed by atoms with van der Waals surface area (Å²) < 4.78 is 18.4. The Balaban J connectivity index is 1.66. The summed E-state index contributed by atoms with van der Waals surface area (Å²) in [5.74, 6) is -2.28. The van der Waals surface area contributed by atoms with Crippen molar-refractivity contribution in [3.63, 3.8) is 0 Å². The van der Waals surface area contributed by atoms with Gasteiger partial charge in [-0.3, -0.25) is 19.7 Å². The smallest absolute Gasteiger partial charge is 0.322 e. The molecule has 2 aromatic rings. The molecule has 1 heterocycles. The Kier molecular flexibility index (Phi) is 6.18. The minimum atomic E-state index is -1.24. The zero-order chi connectivity index (χ0) is 20.8. The maximum atomic E-state index is 13.0. The Labute approximate surface area is 165 Å². The summed E-state index contributed by atoms with van der Waals surface area (Å²) in [6, 6.07) is 12.1. The fourth-order valence-corrected chi connectivity index (χ4v) is 2.76. The zero-order valence-electron chi connectivity index (χ0n) is 15.2. The zero-order valence-corrected chi connectivity index (χ0v) is 15.2. The van der Waals surface area contributed by atoms with Gasteiger partial charge in [0.1, 0.15) is 11.9 Å². The number of urea groups is 1. The lowest BCUT2D eigenvalue weighted by Crippen LogP contribution is -2.30. The average Bonchev–Trinajstić information content (AvgIpc) is 3.04. The van der Waals surface area contributed by atoms with E-state index in [2.05, 4.69) is 16.0 Å². The highest BCUT2D eigenvalue weighted by molar-refractivity contribution is 6.04. The maximum absolute atomic E-state index is 13.0. The number of halogens is 1. The van der Waals surface area contributed by atoms with E-state index in [0.717, 1.165) is 0 Å². The predicted octanol–water partition coefficient (Wildman–Crippen LogP) is 2.04. The number of ether oxygens (including phenoxy) is 1. The molecule has 0 spiro atoms. The number of rotatable bonds is 7. The van der Waals surface area contributed by atoms with Crippen LogP contribution < -0.4 is 16.0 Å². The second-order valence-electron chi connectivity index (χ2n) is 6.33. The van der Waals surface area contributed by atoms with Crippen molar-refractivity contribution in [1.82, 2.24) is 10.6 Å². The van der Waals surface area contributed by atoms with Crippen molar-refractivity contribution in [2.45, 2.75) is 25.0 Å². The van der Waals surface area contributed by atoms with Crippen LogP contribution in [-0.2, 0) is 19.1 Å². The van der Waals surface area contributed by atoms with Crippen LogP contribution in [0.25, 0.3) is 0 Å². The van der Waals surface area contributed by atoms with Gasteiger partial charge >= 0.3 is 12.0 Å². The average molecular weight is 399 g/mol. The van der Waals surface area contributed by atoms with E-state index >= 15 is 0 Å². The van der Waals surface area contributed by atoms with Crippen molar-refractivity contribution in [1.29, 1.82) is 0 Å². The monoisotopic (exact) mass is 399 g/mol. The number of imide groups is 1. The molecule has 9 heteroatoms. The van der Waals surface area contributed by atoms with Crippen LogP contribution in [0.5, 0.6) is 0 Å². The molecule has 1 aliphatic rings. The van der Waals surface area contributed by atoms with Gasteiger partial charge in [0.25, 0.3) is 11.8 Å². The van der Waals surface area contributed by atoms with Crippen LogP contribution in [0.2, 0.25) is 0 Å². The number of carbonyl (C=O) groups is 4. The van der Waals surface area contributed by atoms with Crippen LogP contribution >= 0.6 is 0 Å². The number of carbonyl (C=O) groups excluding carboxylic acids is 4. The lowest BCUT2D eigenvalue weighted by molar-refractivity contribution is -0.155. The Bertz CT molecular complexity index is 917. The topological polar surface area (TPSA) is 114 Å². The van der Waals surface area contributed by atoms with Crippen LogP contribution in [-0.4, -0.2) is 29.9 Å². The minimum Gasteiger partial charge on any atom is -0.447 e. The first-order chi connectivity index (χ1) is 13.9. The van der Waals surface area contributed by atoms with Gasteiger partial charge in [-0.2, -0.15) is 0 Å². The first-order valence-corrected chi connectivity index (χ1v) is 8.84. The number of anilines is 1. The number of hydrogen-bond acceptors (Lipinski definition) is 5. The van der Waals surface area contributed by atoms with Crippen LogP contribution in [0.4, 0.5) is 14.9 Å². The van der Waals surface area contributed by atoms with E-state index in [1.807, 2.05) is 0 Å². The summed E-state index contributed by atoms with van der Waals surface area (Å²) in [6.07, 6.45) is -1.37. The molecule has 0 aliphatic carbocycles. The van der Waals surface area contributed by atoms with Gasteiger partial charge in [-0.1, -0.05) is 30.3 Å². The van der Waals surface area contributed by atoms with Crippen molar-refractivity contribution < 1.29 is 28.3 Å². The van der Waals surface area contributed by atoms with E-state index in [1.54, 1.807) is 30.3 Å². The fourth-order valence-electron chi connectivity index (χ4n) is 2.76. The number of esters is 1. The van der Waals surface area contributed by atoms with Gasteiger partial charge in [0.15, 0.2) is 0 Å². The molecule has 8 nitrogen and oxygen atoms in total. The molecule has 150 valence electrons. The van der Waals surface area contributed by atoms with Crippen LogP contribution in [0.3, 0.4) is 0 Å². The third-order valence-electron chi connectivity index (χ3n) is 4.20. The van der Waals surface area contributed by atoms with Gasteiger partial charge in [0.05, 0.1) is 0 Å². The summed E-state index contributed by atoms with van der Waals surface area (Å²) >= 11 is 0. The van der Waals surface area contributed by atoms with Gasteiger partial charge in [-0.15, -0.1) is 0 Å². The van der Waals surface area contributed by atoms with Gasteiger partial charge in [-0.05, 0) is 30.7 Å². The summed E-state index contributed by atoms with van der Waals surface area (Å²) in [4.78, 5) is 47.6. The van der Waals surface area contributed by atoms with Crippen LogP contribution in [0.15, 0.2) is 54.6 Å². The molecule has 2 aromatic carbocycles. The molecule has 3 N–H and O–H groups in total. The van der Waals surface area contributed by atoms with Crippen LogP contribution in [0.1, 0.15) is 24.5 Å². The molecule has 0 unspecified atom stereocenters. The van der Waals surface area contributed by atoms with Gasteiger partial charge in [0, 0.05) is 17.7 Å². The summed E-state index contributed by atoms with van der Waals surface area (Å²) in [5.41, 5.74) is 0.797. The van der Waals surface area contributed by atoms with E-state index in [9.17, 15) is 23.6 Å². The Hall–Kier alpha value is -3.75. The standard InChI is InChI=1S/C20H18FN3O5/c21-13-6-8-14(9-7-13)22-19(27)17(12-4-2-1-3-5-12)29-16(25)11-10-15-18(26)24-20(28)23-15/h1-9,15,17H,10-11H2,(H,22,27)(H2,23,24,26,28)/t15-,17-/m0/s1. The third kappa shape index (κ3) is 5.38. The molecule has 1 aliphatic heterocycles. The predicted molar refractivity (Wildman–Crippen MR) is 100 cm³/mol. The first-order valence-electron chi connectivity index (χ1n) is 8.84. The van der Waals surface area contributed by atoms with E-state index in [-0.39, 0.29) is 12.8 Å². The highest BCUT2D eigenvalue weighted by Gasteiger charge is 2.31. The van der Waals surface area contributed by atoms with Gasteiger partial charge in [0.2, 0.25) is 6.10 Å². The Morgan fingerprint density at radius 1 is 1.07 bits per heavy atom. The summed E-state index contributed by atoms with van der Waals surface area (Å²) in [5, 5.41) is 7.04. The third-order valence-corrected chi connectivity index (χ3v) is 4.20. The largest absolute Gasteiger partial charge is 0.447 e. The highest BCUT2D eigenvalue weighted by atomic mass is 19.1. The molecular formula is C20H18FN3O5. The second kappa shape index (κ2) is 8.96. The highest BCUT2D eigenvalue weighted by Crippen LogP contribution is 2.21. The van der Waals surface area contributed by atoms with E-state index in [0.29, 0.717) is 11.3 Å². The van der Waals surface area contributed by atoms with Crippen LogP contribution in [0, 0.1) is 5.82 Å². The number of benzene rings is 2. The number of amides is 4. The molecule has 3 rings (SSSR count). The lowest BCUT2D eigenvalue weighted by atomic mass is 10.1. The lowest BCUT2D eigenvalue weighted by Gasteiger charge is -2.18. The van der Waals surface area contributed by atoms with Crippen molar-refractivity contribution >= 4 is 29.5 Å². The molecule has 1 saturated heterocycles. The molecule has 0 aromatic heterocycles. The van der Waals surface area contributed by atoms with Crippen molar-refractivity contribution in [3.05, 3.63) is 66.0 Å². The molecule has 0 radical (unpaired) electrons. The molecular weight excluding hydrogens is 381 g/mol. The molecule has 2 atom stereocenters. The summed E-state index contributed by atoms with van der Waals surface area (Å²) in [7, 11) is 0. The van der Waals surface area contributed by atoms with Crippen molar-refractivity contribution in [2.75, 3.05) is 5.32 Å². The first kappa shape index (κ1) is 20.0. The summed E-state index contributed by atoms with van der Waals surface area (Å²) in [6.45, 7) is 0. The number of nitrogens with one attached hydrogen (secondary N) is 3. The second-order valence-corrected chi connectivity index (χ2v) is 6.33. The molecule has 0 saturated carbocycles.